The average molecular weight is 269 g/mol. The van der Waals surface area contributed by atoms with Gasteiger partial charge in [-0.1, -0.05) is 43.3 Å². The van der Waals surface area contributed by atoms with Gasteiger partial charge in [-0.15, -0.1) is 0 Å². The lowest BCUT2D eigenvalue weighted by Gasteiger charge is -2.19. The van der Waals surface area contributed by atoms with Crippen LogP contribution in [0.5, 0.6) is 5.75 Å². The molecule has 0 fully saturated rings. The summed E-state index contributed by atoms with van der Waals surface area (Å²) in [5, 5.41) is 3.47. The van der Waals surface area contributed by atoms with Crippen molar-refractivity contribution in [3.05, 3.63) is 65.2 Å². The minimum atomic E-state index is 0.224. The van der Waals surface area contributed by atoms with Gasteiger partial charge in [0.1, 0.15) is 12.4 Å². The van der Waals surface area contributed by atoms with Crippen LogP contribution >= 0.6 is 0 Å². The van der Waals surface area contributed by atoms with Gasteiger partial charge < -0.3 is 10.1 Å². The van der Waals surface area contributed by atoms with Crippen LogP contribution < -0.4 is 10.1 Å². The number of nitrogens with one attached hydrogen (secondary N) is 1. The molecule has 2 nitrogen and oxygen atoms in total. The van der Waals surface area contributed by atoms with E-state index < -0.39 is 0 Å². The molecule has 0 aliphatic carbocycles. The highest BCUT2D eigenvalue weighted by Gasteiger charge is 2.10. The molecule has 2 heteroatoms. The first kappa shape index (κ1) is 14.6. The van der Waals surface area contributed by atoms with E-state index in [-0.39, 0.29) is 6.04 Å². The maximum Gasteiger partial charge on any atom is 0.119 e. The summed E-state index contributed by atoms with van der Waals surface area (Å²) >= 11 is 0. The lowest BCUT2D eigenvalue weighted by atomic mass is 10.1. The second-order valence-corrected chi connectivity index (χ2v) is 5.16. The first-order valence-electron chi connectivity index (χ1n) is 7.18. The maximum atomic E-state index is 5.97. The monoisotopic (exact) mass is 269 g/mol. The molecule has 20 heavy (non-hydrogen) atoms. The van der Waals surface area contributed by atoms with Crippen LogP contribution in [-0.2, 0) is 0 Å². The average Bonchev–Trinajstić information content (AvgIpc) is 2.43. The number of rotatable bonds is 6. The lowest BCUT2D eigenvalue weighted by molar-refractivity contribution is 0.268. The summed E-state index contributed by atoms with van der Waals surface area (Å²) in [7, 11) is 0. The van der Waals surface area contributed by atoms with E-state index in [0.29, 0.717) is 6.61 Å². The number of aryl methyl sites for hydroxylation is 2. The Morgan fingerprint density at radius 3 is 2.25 bits per heavy atom. The van der Waals surface area contributed by atoms with E-state index >= 15 is 0 Å². The van der Waals surface area contributed by atoms with E-state index in [2.05, 4.69) is 68.6 Å². The molecule has 0 radical (unpaired) electrons. The van der Waals surface area contributed by atoms with Crippen LogP contribution in [0.25, 0.3) is 0 Å². The fourth-order valence-electron chi connectivity index (χ4n) is 2.40. The highest BCUT2D eigenvalue weighted by Crippen LogP contribution is 2.19. The van der Waals surface area contributed by atoms with Gasteiger partial charge in [0.25, 0.3) is 0 Å². The van der Waals surface area contributed by atoms with E-state index in [9.17, 15) is 0 Å². The summed E-state index contributed by atoms with van der Waals surface area (Å²) in [5.74, 6) is 0.946. The van der Waals surface area contributed by atoms with Crippen molar-refractivity contribution in [2.75, 3.05) is 13.2 Å². The molecule has 0 heterocycles. The van der Waals surface area contributed by atoms with Crippen molar-refractivity contribution >= 4 is 0 Å². The largest absolute Gasteiger partial charge is 0.492 e. The van der Waals surface area contributed by atoms with Gasteiger partial charge in [-0.2, -0.15) is 0 Å². The number of hydrogen-bond donors (Lipinski definition) is 1. The van der Waals surface area contributed by atoms with E-state index in [1.54, 1.807) is 0 Å². The van der Waals surface area contributed by atoms with Crippen LogP contribution in [0.2, 0.25) is 0 Å². The Hall–Kier alpha value is -1.80. The van der Waals surface area contributed by atoms with Crippen molar-refractivity contribution in [3.8, 4) is 5.75 Å². The van der Waals surface area contributed by atoms with Gasteiger partial charge in [0.15, 0.2) is 0 Å². The summed E-state index contributed by atoms with van der Waals surface area (Å²) < 4.78 is 5.97. The summed E-state index contributed by atoms with van der Waals surface area (Å²) in [6.45, 7) is 7.88. The quantitative estimate of drug-likeness (QED) is 0.854. The molecule has 2 rings (SSSR count). The Kier molecular flexibility index (Phi) is 5.19. The van der Waals surface area contributed by atoms with Crippen LogP contribution in [0.15, 0.2) is 48.5 Å². The second kappa shape index (κ2) is 7.11. The van der Waals surface area contributed by atoms with Gasteiger partial charge in [-0.25, -0.2) is 0 Å². The lowest BCUT2D eigenvalue weighted by Crippen LogP contribution is -2.26. The summed E-state index contributed by atoms with van der Waals surface area (Å²) in [5.41, 5.74) is 3.73. The third kappa shape index (κ3) is 4.10. The van der Waals surface area contributed by atoms with Crippen LogP contribution in [-0.4, -0.2) is 13.2 Å². The Labute approximate surface area is 121 Å². The van der Waals surface area contributed by atoms with Crippen molar-refractivity contribution in [3.63, 3.8) is 0 Å². The van der Waals surface area contributed by atoms with Crippen molar-refractivity contribution < 1.29 is 4.74 Å². The molecule has 0 amide bonds. The highest BCUT2D eigenvalue weighted by atomic mass is 16.5. The number of hydrogen-bond acceptors (Lipinski definition) is 2. The molecule has 1 unspecified atom stereocenters. The van der Waals surface area contributed by atoms with Crippen molar-refractivity contribution in [2.45, 2.75) is 26.8 Å². The smallest absolute Gasteiger partial charge is 0.119 e. The molecule has 2 aromatic carbocycles. The molecule has 2 aromatic rings. The molecular weight excluding hydrogens is 246 g/mol. The SMILES string of the molecule is CCNC(COc1cc(C)cc(C)c1)c1ccccc1. The standard InChI is InChI=1S/C18H23NO/c1-4-19-18(16-8-6-5-7-9-16)13-20-17-11-14(2)10-15(3)12-17/h5-12,18-19H,4,13H2,1-3H3. The van der Waals surface area contributed by atoms with Crippen molar-refractivity contribution in [2.24, 2.45) is 0 Å². The molecule has 0 saturated carbocycles. The molecule has 0 aliphatic rings. The normalized spacial score (nSPS) is 12.2. The second-order valence-electron chi connectivity index (χ2n) is 5.16. The summed E-state index contributed by atoms with van der Waals surface area (Å²) in [6.07, 6.45) is 0. The Morgan fingerprint density at radius 2 is 1.65 bits per heavy atom. The van der Waals surface area contributed by atoms with Crippen LogP contribution in [0.1, 0.15) is 29.7 Å². The van der Waals surface area contributed by atoms with Crippen molar-refractivity contribution in [1.82, 2.24) is 5.32 Å². The predicted octanol–water partition coefficient (Wildman–Crippen LogP) is 4.03. The fraction of sp³-hybridized carbons (Fsp3) is 0.333. The Balaban J connectivity index is 2.05. The first-order valence-corrected chi connectivity index (χ1v) is 7.18. The number of benzene rings is 2. The van der Waals surface area contributed by atoms with E-state index in [4.69, 9.17) is 4.74 Å². The van der Waals surface area contributed by atoms with Gasteiger partial charge in [0, 0.05) is 0 Å². The molecule has 1 N–H and O–H groups in total. The third-order valence-corrected chi connectivity index (χ3v) is 3.26. The Morgan fingerprint density at radius 1 is 1.00 bits per heavy atom. The first-order chi connectivity index (χ1) is 9.69. The Bertz CT molecular complexity index is 516. The molecule has 0 spiro atoms. The number of ether oxygens (including phenoxy) is 1. The van der Waals surface area contributed by atoms with Gasteiger partial charge in [-0.05, 0) is 49.2 Å². The van der Waals surface area contributed by atoms with Crippen LogP contribution in [0, 0.1) is 13.8 Å². The topological polar surface area (TPSA) is 21.3 Å². The zero-order valence-corrected chi connectivity index (χ0v) is 12.5. The zero-order valence-electron chi connectivity index (χ0n) is 12.5. The van der Waals surface area contributed by atoms with Gasteiger partial charge >= 0.3 is 0 Å². The molecule has 0 aliphatic heterocycles. The highest BCUT2D eigenvalue weighted by molar-refractivity contribution is 5.33. The van der Waals surface area contributed by atoms with Crippen LogP contribution in [0.3, 0.4) is 0 Å². The van der Waals surface area contributed by atoms with E-state index in [1.165, 1.54) is 16.7 Å². The molecule has 0 bridgehead atoms. The van der Waals surface area contributed by atoms with Gasteiger partial charge in [0.05, 0.1) is 6.04 Å². The molecule has 0 aromatic heterocycles. The fourth-order valence-corrected chi connectivity index (χ4v) is 2.40. The minimum Gasteiger partial charge on any atom is -0.492 e. The van der Waals surface area contributed by atoms with E-state index in [0.717, 1.165) is 12.3 Å². The minimum absolute atomic E-state index is 0.224. The maximum absolute atomic E-state index is 5.97. The molecule has 1 atom stereocenters. The third-order valence-electron chi connectivity index (χ3n) is 3.26. The van der Waals surface area contributed by atoms with Gasteiger partial charge in [-0.3, -0.25) is 0 Å². The molecule has 106 valence electrons. The van der Waals surface area contributed by atoms with Gasteiger partial charge in [0.2, 0.25) is 0 Å². The van der Waals surface area contributed by atoms with Crippen LogP contribution in [0.4, 0.5) is 0 Å². The molecule has 0 saturated heterocycles. The van der Waals surface area contributed by atoms with Crippen molar-refractivity contribution in [1.29, 1.82) is 0 Å². The zero-order chi connectivity index (χ0) is 14.4. The molecular formula is C18H23NO. The summed E-state index contributed by atoms with van der Waals surface area (Å²) in [6, 6.07) is 17.0. The predicted molar refractivity (Wildman–Crippen MR) is 84.3 cm³/mol. The number of likely N-dealkylation sites (N-methyl/N-ethyl adjacent to an activating group) is 1. The van der Waals surface area contributed by atoms with E-state index in [1.807, 2.05) is 6.07 Å². The summed E-state index contributed by atoms with van der Waals surface area (Å²) in [4.78, 5) is 0.